The summed E-state index contributed by atoms with van der Waals surface area (Å²) in [6.07, 6.45) is 0.427. The highest BCUT2D eigenvalue weighted by molar-refractivity contribution is 6.19. The fourth-order valence-corrected chi connectivity index (χ4v) is 2.95. The van der Waals surface area contributed by atoms with E-state index in [0.717, 1.165) is 10.5 Å². The van der Waals surface area contributed by atoms with Crippen LogP contribution in [0.5, 0.6) is 0 Å². The lowest BCUT2D eigenvalue weighted by molar-refractivity contribution is -0.121. The van der Waals surface area contributed by atoms with Crippen LogP contribution in [0.2, 0.25) is 0 Å². The second-order valence-corrected chi connectivity index (χ2v) is 6.29. The van der Waals surface area contributed by atoms with Crippen molar-refractivity contribution in [2.45, 2.75) is 19.4 Å². The standard InChI is InChI=1S/C21H16N2O5/c24-19-10-11-20(25)23(19)17-8-6-15(7-9-17)21(26)27-13-16-12-18(28-22-16)14-4-2-1-3-5-14/h1-9,12H,10-11,13H2. The predicted molar refractivity (Wildman–Crippen MR) is 99.2 cm³/mol. The summed E-state index contributed by atoms with van der Waals surface area (Å²) in [7, 11) is 0. The minimum atomic E-state index is -0.533. The average molecular weight is 376 g/mol. The number of nitrogens with zero attached hydrogens (tertiary/aromatic N) is 2. The molecule has 28 heavy (non-hydrogen) atoms. The van der Waals surface area contributed by atoms with E-state index < -0.39 is 5.97 Å². The fraction of sp³-hybridized carbons (Fsp3) is 0.143. The maximum atomic E-state index is 12.2. The Morgan fingerprint density at radius 1 is 1.00 bits per heavy atom. The zero-order chi connectivity index (χ0) is 19.5. The number of amides is 2. The third kappa shape index (κ3) is 3.55. The topological polar surface area (TPSA) is 89.7 Å². The van der Waals surface area contributed by atoms with E-state index in [1.165, 1.54) is 12.1 Å². The summed E-state index contributed by atoms with van der Waals surface area (Å²) in [5, 5.41) is 3.91. The van der Waals surface area contributed by atoms with Gasteiger partial charge in [-0.3, -0.25) is 14.5 Å². The van der Waals surface area contributed by atoms with Gasteiger partial charge >= 0.3 is 5.97 Å². The molecule has 0 spiro atoms. The van der Waals surface area contributed by atoms with Crippen LogP contribution in [0.25, 0.3) is 11.3 Å². The van der Waals surface area contributed by atoms with Gasteiger partial charge < -0.3 is 9.26 Å². The van der Waals surface area contributed by atoms with Gasteiger partial charge in [0.25, 0.3) is 0 Å². The molecule has 2 aromatic carbocycles. The number of carbonyl (C=O) groups excluding carboxylic acids is 3. The highest BCUT2D eigenvalue weighted by Gasteiger charge is 2.30. The molecule has 0 bridgehead atoms. The Morgan fingerprint density at radius 3 is 2.36 bits per heavy atom. The molecule has 0 radical (unpaired) electrons. The summed E-state index contributed by atoms with van der Waals surface area (Å²) in [5.74, 6) is -0.410. The molecule has 0 atom stereocenters. The maximum Gasteiger partial charge on any atom is 0.338 e. The minimum Gasteiger partial charge on any atom is -0.455 e. The Labute approximate surface area is 160 Å². The molecule has 1 saturated heterocycles. The lowest BCUT2D eigenvalue weighted by atomic mass is 10.2. The van der Waals surface area contributed by atoms with Crippen molar-refractivity contribution in [1.29, 1.82) is 0 Å². The van der Waals surface area contributed by atoms with Crippen molar-refractivity contribution in [2.24, 2.45) is 0 Å². The Morgan fingerprint density at radius 2 is 1.68 bits per heavy atom. The van der Waals surface area contributed by atoms with Gasteiger partial charge in [-0.2, -0.15) is 0 Å². The molecule has 7 nitrogen and oxygen atoms in total. The molecule has 0 N–H and O–H groups in total. The summed E-state index contributed by atoms with van der Waals surface area (Å²) in [5.41, 5.74) is 2.15. The Kier molecular flexibility index (Phi) is 4.72. The molecule has 0 aliphatic carbocycles. The van der Waals surface area contributed by atoms with Gasteiger partial charge in [-0.05, 0) is 24.3 Å². The van der Waals surface area contributed by atoms with Gasteiger partial charge in [-0.15, -0.1) is 0 Å². The van der Waals surface area contributed by atoms with Crippen molar-refractivity contribution >= 4 is 23.5 Å². The van der Waals surface area contributed by atoms with E-state index >= 15 is 0 Å². The maximum absolute atomic E-state index is 12.2. The smallest absolute Gasteiger partial charge is 0.338 e. The van der Waals surface area contributed by atoms with Crippen LogP contribution in [-0.2, 0) is 20.9 Å². The highest BCUT2D eigenvalue weighted by Crippen LogP contribution is 2.23. The molecule has 2 heterocycles. The van der Waals surface area contributed by atoms with E-state index in [1.807, 2.05) is 30.3 Å². The number of hydrogen-bond donors (Lipinski definition) is 0. The minimum absolute atomic E-state index is 0.0278. The van der Waals surface area contributed by atoms with Crippen molar-refractivity contribution in [3.05, 3.63) is 71.9 Å². The average Bonchev–Trinajstić information content (AvgIpc) is 3.33. The van der Waals surface area contributed by atoms with Gasteiger partial charge in [0.05, 0.1) is 11.3 Å². The normalized spacial score (nSPS) is 13.8. The second-order valence-electron chi connectivity index (χ2n) is 6.29. The molecule has 3 aromatic rings. The Balaban J connectivity index is 1.38. The number of anilines is 1. The first-order valence-electron chi connectivity index (χ1n) is 8.76. The third-order valence-corrected chi connectivity index (χ3v) is 4.38. The van der Waals surface area contributed by atoms with Gasteiger partial charge in [0, 0.05) is 24.5 Å². The Bertz CT molecular complexity index is 1010. The van der Waals surface area contributed by atoms with Gasteiger partial charge in [0.1, 0.15) is 12.3 Å². The molecule has 1 aliphatic rings. The number of aromatic nitrogens is 1. The molecule has 4 rings (SSSR count). The molecule has 2 amide bonds. The zero-order valence-electron chi connectivity index (χ0n) is 14.8. The number of hydrogen-bond acceptors (Lipinski definition) is 6. The van der Waals surface area contributed by atoms with E-state index in [2.05, 4.69) is 5.16 Å². The summed E-state index contributed by atoms with van der Waals surface area (Å²) < 4.78 is 10.5. The van der Waals surface area contributed by atoms with Gasteiger partial charge in [0.2, 0.25) is 11.8 Å². The van der Waals surface area contributed by atoms with Crippen molar-refractivity contribution in [3.8, 4) is 11.3 Å². The monoisotopic (exact) mass is 376 g/mol. The van der Waals surface area contributed by atoms with E-state index in [1.54, 1.807) is 18.2 Å². The van der Waals surface area contributed by atoms with Gasteiger partial charge in [0.15, 0.2) is 5.76 Å². The van der Waals surface area contributed by atoms with Crippen LogP contribution in [0, 0.1) is 0 Å². The summed E-state index contributed by atoms with van der Waals surface area (Å²) >= 11 is 0. The molecular formula is C21H16N2O5. The first-order chi connectivity index (χ1) is 13.6. The van der Waals surface area contributed by atoms with Crippen LogP contribution >= 0.6 is 0 Å². The fourth-order valence-electron chi connectivity index (χ4n) is 2.95. The summed E-state index contributed by atoms with van der Waals surface area (Å²) in [6, 6.07) is 17.4. The molecule has 1 fully saturated rings. The molecule has 1 aromatic heterocycles. The van der Waals surface area contributed by atoms with Crippen LogP contribution < -0.4 is 4.90 Å². The van der Waals surface area contributed by atoms with Crippen molar-refractivity contribution in [2.75, 3.05) is 4.90 Å². The number of benzene rings is 2. The third-order valence-electron chi connectivity index (χ3n) is 4.38. The largest absolute Gasteiger partial charge is 0.455 e. The van der Waals surface area contributed by atoms with Gasteiger partial charge in [-0.1, -0.05) is 35.5 Å². The molecule has 7 heteroatoms. The molecular weight excluding hydrogens is 360 g/mol. The van der Waals surface area contributed by atoms with Crippen LogP contribution in [0.3, 0.4) is 0 Å². The van der Waals surface area contributed by atoms with E-state index in [4.69, 9.17) is 9.26 Å². The van der Waals surface area contributed by atoms with Crippen LogP contribution in [0.1, 0.15) is 28.9 Å². The Hall–Kier alpha value is -3.74. The van der Waals surface area contributed by atoms with Crippen molar-refractivity contribution in [1.82, 2.24) is 5.16 Å². The quantitative estimate of drug-likeness (QED) is 0.501. The van der Waals surface area contributed by atoms with E-state index in [9.17, 15) is 14.4 Å². The highest BCUT2D eigenvalue weighted by atomic mass is 16.5. The summed E-state index contributed by atoms with van der Waals surface area (Å²) in [6.45, 7) is -0.0278. The van der Waals surface area contributed by atoms with Crippen LogP contribution in [0.4, 0.5) is 5.69 Å². The van der Waals surface area contributed by atoms with E-state index in [0.29, 0.717) is 22.7 Å². The predicted octanol–water partition coefficient (Wildman–Crippen LogP) is 3.35. The van der Waals surface area contributed by atoms with Gasteiger partial charge in [-0.25, -0.2) is 4.79 Å². The number of carbonyl (C=O) groups is 3. The van der Waals surface area contributed by atoms with Crippen LogP contribution in [0.15, 0.2) is 65.2 Å². The van der Waals surface area contributed by atoms with Crippen molar-refractivity contribution in [3.63, 3.8) is 0 Å². The first-order valence-corrected chi connectivity index (χ1v) is 8.76. The molecule has 1 aliphatic heterocycles. The number of ether oxygens (including phenoxy) is 1. The molecule has 0 saturated carbocycles. The molecule has 140 valence electrons. The number of esters is 1. The lowest BCUT2D eigenvalue weighted by Gasteiger charge is -2.13. The lowest BCUT2D eigenvalue weighted by Crippen LogP contribution is -2.28. The zero-order valence-corrected chi connectivity index (χ0v) is 14.8. The molecule has 0 unspecified atom stereocenters. The first kappa shape index (κ1) is 17.7. The SMILES string of the molecule is O=C(OCc1cc(-c2ccccc2)on1)c1ccc(N2C(=O)CCC2=O)cc1. The van der Waals surface area contributed by atoms with Crippen LogP contribution in [-0.4, -0.2) is 22.9 Å². The number of rotatable bonds is 5. The van der Waals surface area contributed by atoms with E-state index in [-0.39, 0.29) is 31.3 Å². The second kappa shape index (κ2) is 7.48. The van der Waals surface area contributed by atoms with Crippen molar-refractivity contribution < 1.29 is 23.6 Å². The number of imide groups is 1. The summed E-state index contributed by atoms with van der Waals surface area (Å²) in [4.78, 5) is 36.9.